The Morgan fingerprint density at radius 3 is 2.22 bits per heavy atom. The van der Waals surface area contributed by atoms with Gasteiger partial charge in [-0.05, 0) is 48.4 Å². The van der Waals surface area contributed by atoms with E-state index < -0.39 is 27.9 Å². The molecule has 0 heterocycles. The topological polar surface area (TPSA) is 109 Å². The zero-order valence-electron chi connectivity index (χ0n) is 11.9. The smallest absolute Gasteiger partial charge is 0.320 e. The largest absolute Gasteiger partial charge is 0.480 e. The van der Waals surface area contributed by atoms with Crippen molar-refractivity contribution in [2.75, 3.05) is 4.72 Å². The number of aliphatic carboxylic acids is 1. The molecule has 122 valence electrons. The molecule has 0 saturated heterocycles. The van der Waals surface area contributed by atoms with E-state index in [4.69, 9.17) is 10.8 Å². The molecule has 0 aliphatic rings. The third-order valence-electron chi connectivity index (χ3n) is 3.10. The summed E-state index contributed by atoms with van der Waals surface area (Å²) in [5.41, 5.74) is 6.41. The van der Waals surface area contributed by atoms with Crippen molar-refractivity contribution in [3.63, 3.8) is 0 Å². The summed E-state index contributed by atoms with van der Waals surface area (Å²) < 4.78 is 39.5. The molecule has 1 atom stereocenters. The van der Waals surface area contributed by atoms with Gasteiger partial charge in [-0.1, -0.05) is 12.1 Å². The van der Waals surface area contributed by atoms with Gasteiger partial charge in [-0.3, -0.25) is 9.52 Å². The Balaban J connectivity index is 2.11. The third-order valence-corrected chi connectivity index (χ3v) is 4.50. The number of anilines is 1. The van der Waals surface area contributed by atoms with Crippen LogP contribution in [0.3, 0.4) is 0 Å². The Labute approximate surface area is 132 Å². The van der Waals surface area contributed by atoms with Gasteiger partial charge in [0.2, 0.25) is 0 Å². The summed E-state index contributed by atoms with van der Waals surface area (Å²) in [6, 6.07) is 9.62. The zero-order chi connectivity index (χ0) is 17.0. The van der Waals surface area contributed by atoms with E-state index >= 15 is 0 Å². The minimum absolute atomic E-state index is 0.0594. The van der Waals surface area contributed by atoms with Crippen LogP contribution in [0.25, 0.3) is 0 Å². The van der Waals surface area contributed by atoms with E-state index in [0.29, 0.717) is 11.3 Å². The van der Waals surface area contributed by atoms with Crippen LogP contribution >= 0.6 is 0 Å². The van der Waals surface area contributed by atoms with Crippen molar-refractivity contribution in [1.29, 1.82) is 0 Å². The van der Waals surface area contributed by atoms with Crippen molar-refractivity contribution in [3.8, 4) is 0 Å². The molecule has 0 bridgehead atoms. The lowest BCUT2D eigenvalue weighted by Crippen LogP contribution is -2.32. The minimum Gasteiger partial charge on any atom is -0.480 e. The molecule has 0 radical (unpaired) electrons. The Hall–Kier alpha value is -2.45. The number of hydrogen-bond acceptors (Lipinski definition) is 4. The van der Waals surface area contributed by atoms with Crippen molar-refractivity contribution in [3.05, 3.63) is 59.9 Å². The Morgan fingerprint density at radius 1 is 1.13 bits per heavy atom. The van der Waals surface area contributed by atoms with Crippen LogP contribution in [0.2, 0.25) is 0 Å². The average Bonchev–Trinajstić information content (AvgIpc) is 2.49. The fourth-order valence-corrected chi connectivity index (χ4v) is 2.94. The first-order chi connectivity index (χ1) is 10.8. The highest BCUT2D eigenvalue weighted by molar-refractivity contribution is 7.92. The van der Waals surface area contributed by atoms with Gasteiger partial charge in [0.1, 0.15) is 11.9 Å². The predicted octanol–water partition coefficient (Wildman–Crippen LogP) is 1.58. The van der Waals surface area contributed by atoms with E-state index in [9.17, 15) is 17.6 Å². The molecule has 0 aliphatic heterocycles. The normalized spacial score (nSPS) is 12.6. The molecule has 0 amide bonds. The first-order valence-corrected chi connectivity index (χ1v) is 8.12. The predicted molar refractivity (Wildman–Crippen MR) is 83.0 cm³/mol. The summed E-state index contributed by atoms with van der Waals surface area (Å²) >= 11 is 0. The highest BCUT2D eigenvalue weighted by Crippen LogP contribution is 2.17. The summed E-state index contributed by atoms with van der Waals surface area (Å²) in [5.74, 6) is -1.63. The third kappa shape index (κ3) is 4.51. The van der Waals surface area contributed by atoms with Crippen LogP contribution in [0.5, 0.6) is 0 Å². The Morgan fingerprint density at radius 2 is 1.70 bits per heavy atom. The van der Waals surface area contributed by atoms with Crippen LogP contribution in [-0.4, -0.2) is 25.5 Å². The first kappa shape index (κ1) is 16.9. The summed E-state index contributed by atoms with van der Waals surface area (Å²) in [5, 5.41) is 8.75. The number of hydrogen-bond donors (Lipinski definition) is 3. The number of halogens is 1. The lowest BCUT2D eigenvalue weighted by atomic mass is 10.1. The molecule has 2 rings (SSSR count). The number of carboxylic acid groups (broad SMARTS) is 1. The number of nitrogens with two attached hydrogens (primary N) is 1. The molecule has 8 heteroatoms. The van der Waals surface area contributed by atoms with Gasteiger partial charge in [-0.15, -0.1) is 0 Å². The molecule has 0 spiro atoms. The highest BCUT2D eigenvalue weighted by atomic mass is 32.2. The van der Waals surface area contributed by atoms with Crippen LogP contribution in [-0.2, 0) is 21.2 Å². The van der Waals surface area contributed by atoms with Crippen LogP contribution in [0.15, 0.2) is 53.4 Å². The molecule has 2 aromatic rings. The van der Waals surface area contributed by atoms with Crippen LogP contribution in [0, 0.1) is 5.82 Å². The number of rotatable bonds is 6. The fourth-order valence-electron chi connectivity index (χ4n) is 1.88. The molecule has 0 saturated carbocycles. The highest BCUT2D eigenvalue weighted by Gasteiger charge is 2.15. The number of sulfonamides is 1. The van der Waals surface area contributed by atoms with Gasteiger partial charge in [0, 0.05) is 5.69 Å². The molecule has 0 aromatic heterocycles. The van der Waals surface area contributed by atoms with Gasteiger partial charge in [0.15, 0.2) is 0 Å². The Kier molecular flexibility index (Phi) is 4.97. The summed E-state index contributed by atoms with van der Waals surface area (Å²) in [6.45, 7) is 0. The number of carbonyl (C=O) groups is 1. The minimum atomic E-state index is -3.81. The van der Waals surface area contributed by atoms with Gasteiger partial charge >= 0.3 is 5.97 Å². The molecule has 0 fully saturated rings. The summed E-state index contributed by atoms with van der Waals surface area (Å²) in [4.78, 5) is 10.6. The van der Waals surface area contributed by atoms with E-state index in [1.54, 1.807) is 12.1 Å². The molecule has 0 unspecified atom stereocenters. The quantitative estimate of drug-likeness (QED) is 0.741. The summed E-state index contributed by atoms with van der Waals surface area (Å²) in [7, 11) is -3.81. The molecule has 4 N–H and O–H groups in total. The van der Waals surface area contributed by atoms with Crippen molar-refractivity contribution < 1.29 is 22.7 Å². The maximum atomic E-state index is 12.8. The van der Waals surface area contributed by atoms with Crippen LogP contribution < -0.4 is 10.5 Å². The van der Waals surface area contributed by atoms with E-state index in [-0.39, 0.29) is 11.3 Å². The van der Waals surface area contributed by atoms with E-state index in [2.05, 4.69) is 4.72 Å². The summed E-state index contributed by atoms with van der Waals surface area (Å²) in [6.07, 6.45) is 0.139. The van der Waals surface area contributed by atoms with Gasteiger partial charge in [0.05, 0.1) is 4.90 Å². The van der Waals surface area contributed by atoms with E-state index in [0.717, 1.165) is 24.3 Å². The second-order valence-corrected chi connectivity index (χ2v) is 6.59. The second kappa shape index (κ2) is 6.76. The maximum Gasteiger partial charge on any atom is 0.320 e. The number of benzene rings is 2. The lowest BCUT2D eigenvalue weighted by Gasteiger charge is -2.10. The fraction of sp³-hybridized carbons (Fsp3) is 0.133. The molecule has 23 heavy (non-hydrogen) atoms. The number of nitrogens with one attached hydrogen (secondary N) is 1. The van der Waals surface area contributed by atoms with Gasteiger partial charge in [-0.2, -0.15) is 0 Å². The molecule has 0 aliphatic carbocycles. The second-order valence-electron chi connectivity index (χ2n) is 4.91. The molecule has 6 nitrogen and oxygen atoms in total. The van der Waals surface area contributed by atoms with Gasteiger partial charge in [-0.25, -0.2) is 12.8 Å². The van der Waals surface area contributed by atoms with Gasteiger partial charge < -0.3 is 10.8 Å². The van der Waals surface area contributed by atoms with Crippen molar-refractivity contribution in [2.45, 2.75) is 17.4 Å². The monoisotopic (exact) mass is 338 g/mol. The SMILES string of the molecule is N[C@@H](Cc1ccc(NS(=O)(=O)c2ccc(F)cc2)cc1)C(=O)O. The van der Waals surface area contributed by atoms with E-state index in [1.165, 1.54) is 12.1 Å². The lowest BCUT2D eigenvalue weighted by molar-refractivity contribution is -0.138. The molecule has 2 aromatic carbocycles. The van der Waals surface area contributed by atoms with Crippen molar-refractivity contribution in [2.24, 2.45) is 5.73 Å². The van der Waals surface area contributed by atoms with E-state index in [1.807, 2.05) is 0 Å². The number of carboxylic acids is 1. The van der Waals surface area contributed by atoms with Crippen molar-refractivity contribution >= 4 is 21.7 Å². The van der Waals surface area contributed by atoms with Crippen LogP contribution in [0.4, 0.5) is 10.1 Å². The standard InChI is InChI=1S/C15H15FN2O4S/c16-11-3-7-13(8-4-11)23(21,22)18-12-5-1-10(2-6-12)9-14(17)15(19)20/h1-8,14,18H,9,17H2,(H,19,20)/t14-/m0/s1. The van der Waals surface area contributed by atoms with Gasteiger partial charge in [0.25, 0.3) is 10.0 Å². The van der Waals surface area contributed by atoms with Crippen LogP contribution in [0.1, 0.15) is 5.56 Å². The molecular formula is C15H15FN2O4S. The first-order valence-electron chi connectivity index (χ1n) is 6.63. The van der Waals surface area contributed by atoms with Crippen molar-refractivity contribution in [1.82, 2.24) is 0 Å². The zero-order valence-corrected chi connectivity index (χ0v) is 12.8. The average molecular weight is 338 g/mol. The maximum absolute atomic E-state index is 12.8. The Bertz CT molecular complexity index is 789. The molecular weight excluding hydrogens is 323 g/mol.